The maximum absolute atomic E-state index is 5.85. The molecule has 2 rings (SSSR count). The van der Waals surface area contributed by atoms with Crippen molar-refractivity contribution in [3.05, 3.63) is 28.8 Å². The van der Waals surface area contributed by atoms with E-state index in [9.17, 15) is 0 Å². The zero-order chi connectivity index (χ0) is 11.4. The van der Waals surface area contributed by atoms with Crippen LogP contribution >= 0.6 is 11.6 Å². The number of halogens is 1. The van der Waals surface area contributed by atoms with Crippen molar-refractivity contribution in [1.82, 2.24) is 5.32 Å². The minimum absolute atomic E-state index is 0.379. The van der Waals surface area contributed by atoms with Gasteiger partial charge in [-0.25, -0.2) is 0 Å². The SMILES string of the molecule is Nc1cc(CNCC2CCCO2)ccc1Cl. The highest BCUT2D eigenvalue weighted by Gasteiger charge is 2.14. The van der Waals surface area contributed by atoms with Crippen LogP contribution in [-0.4, -0.2) is 19.3 Å². The number of rotatable bonds is 4. The van der Waals surface area contributed by atoms with E-state index in [2.05, 4.69) is 5.32 Å². The summed E-state index contributed by atoms with van der Waals surface area (Å²) in [6, 6.07) is 5.73. The lowest BCUT2D eigenvalue weighted by molar-refractivity contribution is 0.110. The van der Waals surface area contributed by atoms with Crippen LogP contribution in [0.15, 0.2) is 18.2 Å². The number of nitrogen functional groups attached to an aromatic ring is 1. The fourth-order valence-corrected chi connectivity index (χ4v) is 2.00. The van der Waals surface area contributed by atoms with Gasteiger partial charge in [-0.2, -0.15) is 0 Å². The number of ether oxygens (including phenoxy) is 1. The predicted molar refractivity (Wildman–Crippen MR) is 66.5 cm³/mol. The summed E-state index contributed by atoms with van der Waals surface area (Å²) in [5.74, 6) is 0. The highest BCUT2D eigenvalue weighted by molar-refractivity contribution is 6.33. The molecule has 1 saturated heterocycles. The van der Waals surface area contributed by atoms with Gasteiger partial charge in [0.2, 0.25) is 0 Å². The van der Waals surface area contributed by atoms with Crippen molar-refractivity contribution in [3.8, 4) is 0 Å². The van der Waals surface area contributed by atoms with Gasteiger partial charge < -0.3 is 15.8 Å². The molecule has 0 aromatic heterocycles. The molecule has 1 heterocycles. The Balaban J connectivity index is 1.78. The third-order valence-corrected chi connectivity index (χ3v) is 3.13. The Labute approximate surface area is 101 Å². The van der Waals surface area contributed by atoms with E-state index in [1.54, 1.807) is 0 Å². The number of hydrogen-bond donors (Lipinski definition) is 2. The topological polar surface area (TPSA) is 47.3 Å². The minimum atomic E-state index is 0.379. The van der Waals surface area contributed by atoms with E-state index in [1.807, 2.05) is 18.2 Å². The summed E-state index contributed by atoms with van der Waals surface area (Å²) in [6.45, 7) is 2.62. The lowest BCUT2D eigenvalue weighted by Crippen LogP contribution is -2.25. The average Bonchev–Trinajstić information content (AvgIpc) is 2.76. The third kappa shape index (κ3) is 3.11. The van der Waals surface area contributed by atoms with E-state index in [-0.39, 0.29) is 0 Å². The predicted octanol–water partition coefficient (Wildman–Crippen LogP) is 2.19. The summed E-state index contributed by atoms with van der Waals surface area (Å²) in [5, 5.41) is 3.98. The van der Waals surface area contributed by atoms with Crippen molar-refractivity contribution in [1.29, 1.82) is 0 Å². The van der Waals surface area contributed by atoms with Crippen LogP contribution in [0.1, 0.15) is 18.4 Å². The quantitative estimate of drug-likeness (QED) is 0.794. The van der Waals surface area contributed by atoms with Gasteiger partial charge >= 0.3 is 0 Å². The largest absolute Gasteiger partial charge is 0.398 e. The molecule has 1 atom stereocenters. The zero-order valence-electron chi connectivity index (χ0n) is 9.21. The highest BCUT2D eigenvalue weighted by atomic mass is 35.5. The summed E-state index contributed by atoms with van der Waals surface area (Å²) in [4.78, 5) is 0. The molecule has 3 N–H and O–H groups in total. The Kier molecular flexibility index (Phi) is 4.04. The van der Waals surface area contributed by atoms with Gasteiger partial charge in [0, 0.05) is 19.7 Å². The highest BCUT2D eigenvalue weighted by Crippen LogP contribution is 2.19. The second-order valence-corrected chi connectivity index (χ2v) is 4.53. The average molecular weight is 241 g/mol. The standard InChI is InChI=1S/C12H17ClN2O/c13-11-4-3-9(6-12(11)14)7-15-8-10-2-1-5-16-10/h3-4,6,10,15H,1-2,5,7-8,14H2. The minimum Gasteiger partial charge on any atom is -0.398 e. The van der Waals surface area contributed by atoms with E-state index in [4.69, 9.17) is 22.1 Å². The van der Waals surface area contributed by atoms with Crippen molar-refractivity contribution in [3.63, 3.8) is 0 Å². The van der Waals surface area contributed by atoms with Crippen LogP contribution in [0.3, 0.4) is 0 Å². The van der Waals surface area contributed by atoms with Gasteiger partial charge in [0.25, 0.3) is 0 Å². The van der Waals surface area contributed by atoms with E-state index in [0.29, 0.717) is 16.8 Å². The van der Waals surface area contributed by atoms with Gasteiger partial charge in [-0.3, -0.25) is 0 Å². The van der Waals surface area contributed by atoms with Crippen LogP contribution < -0.4 is 11.1 Å². The van der Waals surface area contributed by atoms with Crippen molar-refractivity contribution in [2.75, 3.05) is 18.9 Å². The maximum atomic E-state index is 5.85. The fourth-order valence-electron chi connectivity index (χ4n) is 1.89. The third-order valence-electron chi connectivity index (χ3n) is 2.79. The fraction of sp³-hybridized carbons (Fsp3) is 0.500. The molecule has 0 amide bonds. The first-order valence-electron chi connectivity index (χ1n) is 5.62. The van der Waals surface area contributed by atoms with Gasteiger partial charge in [-0.1, -0.05) is 17.7 Å². The number of hydrogen-bond acceptors (Lipinski definition) is 3. The summed E-state index contributed by atoms with van der Waals surface area (Å²) < 4.78 is 5.53. The van der Waals surface area contributed by atoms with Gasteiger partial charge in [-0.15, -0.1) is 0 Å². The van der Waals surface area contributed by atoms with Crippen LogP contribution in [0.25, 0.3) is 0 Å². The van der Waals surface area contributed by atoms with Crippen LogP contribution in [0.2, 0.25) is 5.02 Å². The molecular formula is C12H17ClN2O. The molecule has 16 heavy (non-hydrogen) atoms. The molecule has 1 unspecified atom stereocenters. The molecule has 3 nitrogen and oxygen atoms in total. The van der Waals surface area contributed by atoms with Gasteiger partial charge in [-0.05, 0) is 30.5 Å². The zero-order valence-corrected chi connectivity index (χ0v) is 9.96. The lowest BCUT2D eigenvalue weighted by Gasteiger charge is -2.11. The Hall–Kier alpha value is -0.770. The van der Waals surface area contributed by atoms with Crippen molar-refractivity contribution >= 4 is 17.3 Å². The Bertz CT molecular complexity index is 351. The van der Waals surface area contributed by atoms with E-state index in [1.165, 1.54) is 6.42 Å². The lowest BCUT2D eigenvalue weighted by atomic mass is 10.2. The molecule has 1 aromatic rings. The van der Waals surface area contributed by atoms with Crippen LogP contribution in [0.5, 0.6) is 0 Å². The van der Waals surface area contributed by atoms with E-state index in [0.717, 1.165) is 31.7 Å². The number of benzene rings is 1. The van der Waals surface area contributed by atoms with Gasteiger partial charge in [0.15, 0.2) is 0 Å². The Morgan fingerprint density at radius 1 is 1.50 bits per heavy atom. The number of nitrogens with two attached hydrogens (primary N) is 1. The van der Waals surface area contributed by atoms with Crippen LogP contribution in [0, 0.1) is 0 Å². The molecule has 0 aliphatic carbocycles. The van der Waals surface area contributed by atoms with Crippen molar-refractivity contribution < 1.29 is 4.74 Å². The number of nitrogens with one attached hydrogen (secondary N) is 1. The van der Waals surface area contributed by atoms with Gasteiger partial charge in [0.05, 0.1) is 16.8 Å². The molecule has 0 saturated carbocycles. The summed E-state index contributed by atoms with van der Waals surface area (Å²) in [6.07, 6.45) is 2.72. The van der Waals surface area contributed by atoms with Gasteiger partial charge in [0.1, 0.15) is 0 Å². The smallest absolute Gasteiger partial charge is 0.0700 e. The molecule has 4 heteroatoms. The molecule has 0 radical (unpaired) electrons. The first kappa shape index (κ1) is 11.7. The summed E-state index contributed by atoms with van der Waals surface area (Å²) >= 11 is 5.85. The van der Waals surface area contributed by atoms with E-state index >= 15 is 0 Å². The van der Waals surface area contributed by atoms with Crippen LogP contribution in [0.4, 0.5) is 5.69 Å². The Morgan fingerprint density at radius 3 is 3.06 bits per heavy atom. The Morgan fingerprint density at radius 2 is 2.38 bits per heavy atom. The van der Waals surface area contributed by atoms with Crippen LogP contribution in [-0.2, 0) is 11.3 Å². The molecule has 1 aliphatic heterocycles. The maximum Gasteiger partial charge on any atom is 0.0700 e. The molecule has 0 spiro atoms. The van der Waals surface area contributed by atoms with Crippen molar-refractivity contribution in [2.45, 2.75) is 25.5 Å². The second-order valence-electron chi connectivity index (χ2n) is 4.12. The summed E-state index contributed by atoms with van der Waals surface area (Å²) in [7, 11) is 0. The molecule has 88 valence electrons. The first-order chi connectivity index (χ1) is 7.75. The normalized spacial score (nSPS) is 20.2. The van der Waals surface area contributed by atoms with E-state index < -0.39 is 0 Å². The molecular weight excluding hydrogens is 224 g/mol. The summed E-state index contributed by atoms with van der Waals surface area (Å²) in [5.41, 5.74) is 7.52. The molecule has 1 aromatic carbocycles. The molecule has 1 aliphatic rings. The monoisotopic (exact) mass is 240 g/mol. The second kappa shape index (κ2) is 5.53. The molecule has 0 bridgehead atoms. The first-order valence-corrected chi connectivity index (χ1v) is 6.00. The van der Waals surface area contributed by atoms with Crippen molar-refractivity contribution in [2.24, 2.45) is 0 Å². The molecule has 1 fully saturated rings. The number of anilines is 1.